The monoisotopic (exact) mass is 334 g/mol. The minimum absolute atomic E-state index is 0.106. The molecule has 3 nitrogen and oxygen atoms in total. The zero-order valence-corrected chi connectivity index (χ0v) is 13.5. The number of nitrogens with one attached hydrogen (secondary N) is 1. The van der Waals surface area contributed by atoms with Gasteiger partial charge in [0.25, 0.3) is 0 Å². The second-order valence-electron chi connectivity index (χ2n) is 5.28. The number of amides is 1. The maximum Gasteiger partial charge on any atom is 0.238 e. The van der Waals surface area contributed by atoms with Gasteiger partial charge >= 0.3 is 0 Å². The summed E-state index contributed by atoms with van der Waals surface area (Å²) in [4.78, 5) is 14.2. The Morgan fingerprint density at radius 2 is 2.00 bits per heavy atom. The van der Waals surface area contributed by atoms with E-state index in [0.29, 0.717) is 33.2 Å². The Bertz CT molecular complexity index is 484. The molecule has 1 aromatic carbocycles. The summed E-state index contributed by atoms with van der Waals surface area (Å²) in [5, 5.41) is 3.91. The number of carbonyl (C=O) groups excluding carboxylic acids is 1. The highest BCUT2D eigenvalue weighted by molar-refractivity contribution is 6.42. The number of piperidine rings is 1. The molecule has 1 amide bonds. The molecule has 1 saturated heterocycles. The number of likely N-dealkylation sites (tertiary alicyclic amines) is 1. The molecule has 1 heterocycles. The van der Waals surface area contributed by atoms with Gasteiger partial charge in [-0.3, -0.25) is 9.69 Å². The Balaban J connectivity index is 1.98. The van der Waals surface area contributed by atoms with E-state index in [2.05, 4.69) is 17.1 Å². The SMILES string of the molecule is C[C@H]1CCCN(CC(=O)Nc2c(Cl)cc(Cl)cc2Cl)C1. The van der Waals surface area contributed by atoms with E-state index in [4.69, 9.17) is 34.8 Å². The fraction of sp³-hybridized carbons (Fsp3) is 0.500. The van der Waals surface area contributed by atoms with E-state index >= 15 is 0 Å². The van der Waals surface area contributed by atoms with E-state index in [0.717, 1.165) is 19.5 Å². The molecular formula is C14H17Cl3N2O. The van der Waals surface area contributed by atoms with Gasteiger partial charge in [0.2, 0.25) is 5.91 Å². The number of rotatable bonds is 3. The van der Waals surface area contributed by atoms with E-state index in [-0.39, 0.29) is 5.91 Å². The summed E-state index contributed by atoms with van der Waals surface area (Å²) in [6, 6.07) is 3.13. The third-order valence-corrected chi connectivity index (χ3v) is 4.19. The molecule has 0 bridgehead atoms. The van der Waals surface area contributed by atoms with Crippen LogP contribution in [0, 0.1) is 5.92 Å². The maximum absolute atomic E-state index is 12.1. The number of hydrogen-bond donors (Lipinski definition) is 1. The zero-order valence-electron chi connectivity index (χ0n) is 11.3. The van der Waals surface area contributed by atoms with E-state index < -0.39 is 0 Å². The largest absolute Gasteiger partial charge is 0.322 e. The Kier molecular flexibility index (Phi) is 5.56. The van der Waals surface area contributed by atoms with E-state index in [1.165, 1.54) is 6.42 Å². The van der Waals surface area contributed by atoms with Crippen molar-refractivity contribution in [3.63, 3.8) is 0 Å². The zero-order chi connectivity index (χ0) is 14.7. The lowest BCUT2D eigenvalue weighted by Gasteiger charge is -2.30. The number of hydrogen-bond acceptors (Lipinski definition) is 2. The molecule has 20 heavy (non-hydrogen) atoms. The van der Waals surface area contributed by atoms with Crippen LogP contribution < -0.4 is 5.32 Å². The molecular weight excluding hydrogens is 319 g/mol. The van der Waals surface area contributed by atoms with Gasteiger partial charge in [-0.25, -0.2) is 0 Å². The summed E-state index contributed by atoms with van der Waals surface area (Å²) in [7, 11) is 0. The second kappa shape index (κ2) is 6.99. The first-order valence-electron chi connectivity index (χ1n) is 6.62. The normalized spacial score (nSPS) is 19.9. The topological polar surface area (TPSA) is 32.3 Å². The molecule has 1 aliphatic heterocycles. The average Bonchev–Trinajstić information content (AvgIpc) is 2.33. The molecule has 0 aromatic heterocycles. The minimum atomic E-state index is -0.106. The van der Waals surface area contributed by atoms with Crippen LogP contribution in [0.25, 0.3) is 0 Å². The fourth-order valence-corrected chi connectivity index (χ4v) is 3.39. The summed E-state index contributed by atoms with van der Waals surface area (Å²) in [5.41, 5.74) is 0.424. The molecule has 110 valence electrons. The number of halogens is 3. The van der Waals surface area contributed by atoms with Gasteiger partial charge in [-0.2, -0.15) is 0 Å². The minimum Gasteiger partial charge on any atom is -0.322 e. The molecule has 1 N–H and O–H groups in total. The van der Waals surface area contributed by atoms with Crippen LogP contribution in [0.1, 0.15) is 19.8 Å². The highest BCUT2D eigenvalue weighted by atomic mass is 35.5. The molecule has 2 rings (SSSR count). The van der Waals surface area contributed by atoms with Crippen molar-refractivity contribution in [3.05, 3.63) is 27.2 Å². The van der Waals surface area contributed by atoms with Crippen molar-refractivity contribution in [2.75, 3.05) is 25.0 Å². The van der Waals surface area contributed by atoms with Crippen molar-refractivity contribution < 1.29 is 4.79 Å². The number of carbonyl (C=O) groups is 1. The van der Waals surface area contributed by atoms with Gasteiger partial charge in [0, 0.05) is 11.6 Å². The molecule has 0 unspecified atom stereocenters. The van der Waals surface area contributed by atoms with Gasteiger partial charge in [-0.15, -0.1) is 0 Å². The highest BCUT2D eigenvalue weighted by Crippen LogP contribution is 2.33. The highest BCUT2D eigenvalue weighted by Gasteiger charge is 2.19. The summed E-state index contributed by atoms with van der Waals surface area (Å²) in [5.74, 6) is 0.532. The van der Waals surface area contributed by atoms with Crippen molar-refractivity contribution >= 4 is 46.4 Å². The van der Waals surface area contributed by atoms with Crippen LogP contribution in [-0.4, -0.2) is 30.4 Å². The van der Waals surface area contributed by atoms with Crippen LogP contribution in [0.15, 0.2) is 12.1 Å². The first-order valence-corrected chi connectivity index (χ1v) is 7.76. The molecule has 0 spiro atoms. The van der Waals surface area contributed by atoms with Crippen LogP contribution in [-0.2, 0) is 4.79 Å². The van der Waals surface area contributed by atoms with Crippen LogP contribution >= 0.6 is 34.8 Å². The van der Waals surface area contributed by atoms with Crippen molar-refractivity contribution in [2.45, 2.75) is 19.8 Å². The van der Waals surface area contributed by atoms with Crippen LogP contribution in [0.5, 0.6) is 0 Å². The van der Waals surface area contributed by atoms with Gasteiger partial charge in [0.1, 0.15) is 0 Å². The smallest absolute Gasteiger partial charge is 0.238 e. The van der Waals surface area contributed by atoms with Gasteiger partial charge in [0.15, 0.2) is 0 Å². The lowest BCUT2D eigenvalue weighted by molar-refractivity contribution is -0.117. The second-order valence-corrected chi connectivity index (χ2v) is 6.53. The summed E-state index contributed by atoms with van der Waals surface area (Å²) < 4.78 is 0. The molecule has 6 heteroatoms. The van der Waals surface area contributed by atoms with Crippen LogP contribution in [0.3, 0.4) is 0 Å². The number of anilines is 1. The summed E-state index contributed by atoms with van der Waals surface area (Å²) >= 11 is 17.9. The first kappa shape index (κ1) is 15.9. The predicted octanol–water partition coefficient (Wildman–Crippen LogP) is 4.32. The van der Waals surface area contributed by atoms with E-state index in [1.807, 2.05) is 0 Å². The average molecular weight is 336 g/mol. The standard InChI is InChI=1S/C14H17Cl3N2O/c1-9-3-2-4-19(7-9)8-13(20)18-14-11(16)5-10(15)6-12(14)17/h5-6,9H,2-4,7-8H2,1H3,(H,18,20)/t9-/m0/s1. The Morgan fingerprint density at radius 3 is 2.60 bits per heavy atom. The van der Waals surface area contributed by atoms with Crippen molar-refractivity contribution in [2.24, 2.45) is 5.92 Å². The quantitative estimate of drug-likeness (QED) is 0.892. The molecule has 0 radical (unpaired) electrons. The van der Waals surface area contributed by atoms with E-state index in [9.17, 15) is 4.79 Å². The van der Waals surface area contributed by atoms with Gasteiger partial charge < -0.3 is 5.32 Å². The van der Waals surface area contributed by atoms with Gasteiger partial charge in [-0.1, -0.05) is 41.7 Å². The van der Waals surface area contributed by atoms with Crippen molar-refractivity contribution in [1.29, 1.82) is 0 Å². The van der Waals surface area contributed by atoms with Gasteiger partial charge in [0.05, 0.1) is 22.3 Å². The third kappa shape index (κ3) is 4.26. The molecule has 0 saturated carbocycles. The Hall–Kier alpha value is -0.480. The number of nitrogens with zero attached hydrogens (tertiary/aromatic N) is 1. The third-order valence-electron chi connectivity index (χ3n) is 3.38. The van der Waals surface area contributed by atoms with Crippen molar-refractivity contribution in [1.82, 2.24) is 4.90 Å². The molecule has 1 fully saturated rings. The molecule has 1 aliphatic rings. The van der Waals surface area contributed by atoms with Crippen molar-refractivity contribution in [3.8, 4) is 0 Å². The van der Waals surface area contributed by atoms with Gasteiger partial charge in [-0.05, 0) is 37.4 Å². The van der Waals surface area contributed by atoms with E-state index in [1.54, 1.807) is 12.1 Å². The lowest BCUT2D eigenvalue weighted by atomic mass is 10.0. The maximum atomic E-state index is 12.1. The lowest BCUT2D eigenvalue weighted by Crippen LogP contribution is -2.39. The number of benzene rings is 1. The first-order chi connectivity index (χ1) is 9.45. The molecule has 1 aromatic rings. The van der Waals surface area contributed by atoms with Crippen LogP contribution in [0.2, 0.25) is 15.1 Å². The fourth-order valence-electron chi connectivity index (χ4n) is 2.47. The Morgan fingerprint density at radius 1 is 1.35 bits per heavy atom. The molecule has 1 atom stereocenters. The predicted molar refractivity (Wildman–Crippen MR) is 84.9 cm³/mol. The molecule has 0 aliphatic carbocycles. The van der Waals surface area contributed by atoms with Crippen LogP contribution in [0.4, 0.5) is 5.69 Å². The Labute approximate surface area is 134 Å². The summed E-state index contributed by atoms with van der Waals surface area (Å²) in [6.45, 7) is 4.48. The summed E-state index contributed by atoms with van der Waals surface area (Å²) in [6.07, 6.45) is 2.36.